The van der Waals surface area contributed by atoms with Crippen molar-refractivity contribution >= 4 is 33.0 Å². The molecule has 12 heavy (non-hydrogen) atoms. The van der Waals surface area contributed by atoms with Crippen molar-refractivity contribution in [2.24, 2.45) is 0 Å². The van der Waals surface area contributed by atoms with E-state index in [4.69, 9.17) is 11.6 Å². The van der Waals surface area contributed by atoms with Gasteiger partial charge < -0.3 is 0 Å². The van der Waals surface area contributed by atoms with Crippen molar-refractivity contribution in [3.05, 3.63) is 27.7 Å². The van der Waals surface area contributed by atoms with Gasteiger partial charge in [-0.25, -0.2) is 9.50 Å². The molecule has 0 saturated heterocycles. The van der Waals surface area contributed by atoms with E-state index in [-0.39, 0.29) is 0 Å². The Morgan fingerprint density at radius 3 is 3.00 bits per heavy atom. The molecule has 0 bridgehead atoms. The van der Waals surface area contributed by atoms with E-state index in [2.05, 4.69) is 26.0 Å². The highest BCUT2D eigenvalue weighted by Gasteiger charge is 2.05. The summed E-state index contributed by atoms with van der Waals surface area (Å²) in [4.78, 5) is 4.03. The monoisotopic (exact) mass is 245 g/mol. The van der Waals surface area contributed by atoms with Crippen LogP contribution in [-0.4, -0.2) is 14.6 Å². The van der Waals surface area contributed by atoms with Crippen LogP contribution in [-0.2, 0) is 0 Å². The number of rotatable bonds is 0. The quantitative estimate of drug-likeness (QED) is 0.715. The molecule has 0 radical (unpaired) electrons. The van der Waals surface area contributed by atoms with Gasteiger partial charge in [0.15, 0.2) is 5.15 Å². The van der Waals surface area contributed by atoms with Crippen molar-refractivity contribution in [3.8, 4) is 0 Å². The maximum atomic E-state index is 5.88. The lowest BCUT2D eigenvalue weighted by atomic mass is 10.5. The Morgan fingerprint density at radius 2 is 2.25 bits per heavy atom. The lowest BCUT2D eigenvalue weighted by Gasteiger charge is -1.98. The topological polar surface area (TPSA) is 30.2 Å². The Bertz CT molecular complexity index is 437. The molecule has 0 aliphatic heterocycles. The smallest absolute Gasteiger partial charge is 0.156 e. The summed E-state index contributed by atoms with van der Waals surface area (Å²) in [7, 11) is 0. The largest absolute Gasteiger partial charge is 0.222 e. The van der Waals surface area contributed by atoms with Crippen molar-refractivity contribution < 1.29 is 0 Å². The van der Waals surface area contributed by atoms with Crippen LogP contribution in [0.4, 0.5) is 0 Å². The van der Waals surface area contributed by atoms with E-state index in [0.29, 0.717) is 11.0 Å². The van der Waals surface area contributed by atoms with Crippen LogP contribution in [0, 0.1) is 6.92 Å². The lowest BCUT2D eigenvalue weighted by Crippen LogP contribution is -1.97. The van der Waals surface area contributed by atoms with Crippen LogP contribution < -0.4 is 0 Å². The van der Waals surface area contributed by atoms with Crippen LogP contribution in [0.1, 0.15) is 5.82 Å². The standard InChI is InChI=1S/C7H5BrClN3/c1-4-10-7(9)5-2-3-6(8)12(5)11-4/h2-3H,1H3. The SMILES string of the molecule is Cc1nc(Cl)c2ccc(Br)n2n1. The van der Waals surface area contributed by atoms with Gasteiger partial charge in [-0.3, -0.25) is 0 Å². The Kier molecular flexibility index (Phi) is 1.81. The van der Waals surface area contributed by atoms with Crippen molar-refractivity contribution in [2.75, 3.05) is 0 Å². The molecular formula is C7H5BrClN3. The van der Waals surface area contributed by atoms with E-state index in [0.717, 1.165) is 10.1 Å². The van der Waals surface area contributed by atoms with Crippen LogP contribution in [0.25, 0.3) is 5.52 Å². The van der Waals surface area contributed by atoms with Crippen molar-refractivity contribution in [3.63, 3.8) is 0 Å². The third-order valence-corrected chi connectivity index (χ3v) is 2.40. The molecule has 2 rings (SSSR count). The van der Waals surface area contributed by atoms with Gasteiger partial charge in [-0.2, -0.15) is 5.10 Å². The summed E-state index contributed by atoms with van der Waals surface area (Å²) in [5, 5.41) is 4.65. The molecule has 0 fully saturated rings. The normalized spacial score (nSPS) is 10.9. The van der Waals surface area contributed by atoms with Gasteiger partial charge in [-0.1, -0.05) is 11.6 Å². The summed E-state index contributed by atoms with van der Waals surface area (Å²) in [6.07, 6.45) is 0. The molecule has 0 N–H and O–H groups in total. The molecule has 3 nitrogen and oxygen atoms in total. The number of hydrogen-bond donors (Lipinski definition) is 0. The van der Waals surface area contributed by atoms with E-state index in [1.807, 2.05) is 12.1 Å². The average molecular weight is 246 g/mol. The molecule has 0 atom stereocenters. The summed E-state index contributed by atoms with van der Waals surface area (Å²) in [5.74, 6) is 0.657. The number of nitrogens with zero attached hydrogens (tertiary/aromatic N) is 3. The number of fused-ring (bicyclic) bond motifs is 1. The molecule has 2 heterocycles. The van der Waals surface area contributed by atoms with Gasteiger partial charge in [0.1, 0.15) is 15.9 Å². The Hall–Kier alpha value is -0.610. The van der Waals surface area contributed by atoms with Gasteiger partial charge in [0, 0.05) is 0 Å². The third kappa shape index (κ3) is 1.11. The number of halogens is 2. The minimum absolute atomic E-state index is 0.480. The maximum Gasteiger partial charge on any atom is 0.156 e. The number of aromatic nitrogens is 3. The number of hydrogen-bond acceptors (Lipinski definition) is 2. The van der Waals surface area contributed by atoms with E-state index in [1.54, 1.807) is 11.4 Å². The van der Waals surface area contributed by atoms with E-state index in [9.17, 15) is 0 Å². The number of aryl methyl sites for hydroxylation is 1. The molecule has 62 valence electrons. The van der Waals surface area contributed by atoms with Gasteiger partial charge in [0.05, 0.1) is 0 Å². The van der Waals surface area contributed by atoms with Crippen LogP contribution >= 0.6 is 27.5 Å². The minimum Gasteiger partial charge on any atom is -0.222 e. The molecule has 0 amide bonds. The Labute approximate surface area is 82.5 Å². The molecule has 2 aromatic rings. The van der Waals surface area contributed by atoms with Crippen LogP contribution in [0.15, 0.2) is 16.7 Å². The summed E-state index contributed by atoms with van der Waals surface area (Å²) < 4.78 is 2.59. The third-order valence-electron chi connectivity index (χ3n) is 1.53. The highest BCUT2D eigenvalue weighted by atomic mass is 79.9. The van der Waals surface area contributed by atoms with Gasteiger partial charge in [0.25, 0.3) is 0 Å². The summed E-state index contributed by atoms with van der Waals surface area (Å²) in [6, 6.07) is 3.75. The van der Waals surface area contributed by atoms with Crippen molar-refractivity contribution in [1.29, 1.82) is 0 Å². The minimum atomic E-state index is 0.480. The van der Waals surface area contributed by atoms with Gasteiger partial charge >= 0.3 is 0 Å². The molecular weight excluding hydrogens is 241 g/mol. The van der Waals surface area contributed by atoms with E-state index >= 15 is 0 Å². The Balaban J connectivity index is 2.92. The second-order valence-corrected chi connectivity index (χ2v) is 3.57. The first-order valence-electron chi connectivity index (χ1n) is 3.36. The fourth-order valence-electron chi connectivity index (χ4n) is 1.03. The zero-order chi connectivity index (χ0) is 8.72. The molecule has 5 heteroatoms. The second-order valence-electron chi connectivity index (χ2n) is 2.40. The van der Waals surface area contributed by atoms with Gasteiger partial charge in [-0.15, -0.1) is 0 Å². The van der Waals surface area contributed by atoms with Crippen molar-refractivity contribution in [1.82, 2.24) is 14.6 Å². The lowest BCUT2D eigenvalue weighted by molar-refractivity contribution is 0.843. The van der Waals surface area contributed by atoms with Crippen LogP contribution in [0.3, 0.4) is 0 Å². The van der Waals surface area contributed by atoms with Gasteiger partial charge in [-0.05, 0) is 35.0 Å². The summed E-state index contributed by atoms with van der Waals surface area (Å²) in [5.41, 5.74) is 0.814. The molecule has 0 aliphatic rings. The molecule has 0 aliphatic carbocycles. The zero-order valence-corrected chi connectivity index (χ0v) is 8.59. The van der Waals surface area contributed by atoms with Crippen LogP contribution in [0.5, 0.6) is 0 Å². The summed E-state index contributed by atoms with van der Waals surface area (Å²) in [6.45, 7) is 1.80. The Morgan fingerprint density at radius 1 is 1.50 bits per heavy atom. The highest BCUT2D eigenvalue weighted by molar-refractivity contribution is 9.10. The van der Waals surface area contributed by atoms with Crippen molar-refractivity contribution in [2.45, 2.75) is 6.92 Å². The van der Waals surface area contributed by atoms with E-state index < -0.39 is 0 Å². The average Bonchev–Trinajstić information content (AvgIpc) is 2.33. The summed E-state index contributed by atoms with van der Waals surface area (Å²) >= 11 is 9.23. The fourth-order valence-corrected chi connectivity index (χ4v) is 1.70. The van der Waals surface area contributed by atoms with Gasteiger partial charge in [0.2, 0.25) is 0 Å². The van der Waals surface area contributed by atoms with Crippen LogP contribution in [0.2, 0.25) is 5.15 Å². The first-order valence-corrected chi connectivity index (χ1v) is 4.53. The second kappa shape index (κ2) is 2.71. The predicted octanol–water partition coefficient (Wildman–Crippen LogP) is 2.45. The molecule has 0 saturated carbocycles. The fraction of sp³-hybridized carbons (Fsp3) is 0.143. The van der Waals surface area contributed by atoms with E-state index in [1.165, 1.54) is 0 Å². The molecule has 0 spiro atoms. The molecule has 0 unspecified atom stereocenters. The maximum absolute atomic E-state index is 5.88. The first kappa shape index (κ1) is 8.01. The zero-order valence-electron chi connectivity index (χ0n) is 6.25. The predicted molar refractivity (Wildman–Crippen MR) is 50.4 cm³/mol. The molecule has 2 aromatic heterocycles. The first-order chi connectivity index (χ1) is 5.68. The molecule has 0 aromatic carbocycles. The highest BCUT2D eigenvalue weighted by Crippen LogP contribution is 2.19.